The van der Waals surface area contributed by atoms with Crippen LogP contribution in [0.3, 0.4) is 0 Å². The predicted octanol–water partition coefficient (Wildman–Crippen LogP) is 12.6. The predicted molar refractivity (Wildman–Crippen MR) is 263 cm³/mol. The second-order valence-electron chi connectivity index (χ2n) is 19.0. The van der Waals surface area contributed by atoms with Crippen molar-refractivity contribution in [2.24, 2.45) is 0 Å². The largest absolute Gasteiger partial charge is 0.394 e. The summed E-state index contributed by atoms with van der Waals surface area (Å²) in [6, 6.07) is -0.716. The van der Waals surface area contributed by atoms with Crippen LogP contribution in [0.4, 0.5) is 0 Å². The monoisotopic (exact) mass is 894 g/mol. The molecule has 63 heavy (non-hydrogen) atoms. The minimum absolute atomic E-state index is 0.135. The highest BCUT2D eigenvalue weighted by atomic mass is 16.7. The van der Waals surface area contributed by atoms with Gasteiger partial charge in [-0.25, -0.2) is 0 Å². The number of allylic oxidation sites excluding steroid dienone is 4. The Morgan fingerprint density at radius 3 is 1.37 bits per heavy atom. The first-order valence-corrected chi connectivity index (χ1v) is 27.0. The van der Waals surface area contributed by atoms with Crippen molar-refractivity contribution >= 4 is 5.91 Å². The Balaban J connectivity index is 2.17. The number of aliphatic hydroxyl groups is 5. The minimum Gasteiger partial charge on any atom is -0.394 e. The van der Waals surface area contributed by atoms with Crippen LogP contribution in [0, 0.1) is 0 Å². The normalized spacial score (nSPS) is 20.3. The topological polar surface area (TPSA) is 149 Å². The summed E-state index contributed by atoms with van der Waals surface area (Å²) in [5.41, 5.74) is 0. The van der Waals surface area contributed by atoms with Gasteiger partial charge in [-0.05, 0) is 44.9 Å². The van der Waals surface area contributed by atoms with Crippen molar-refractivity contribution in [3.05, 3.63) is 24.3 Å². The average molecular weight is 894 g/mol. The maximum absolute atomic E-state index is 13.0. The van der Waals surface area contributed by atoms with E-state index in [9.17, 15) is 30.3 Å². The van der Waals surface area contributed by atoms with E-state index in [1.165, 1.54) is 186 Å². The lowest BCUT2D eigenvalue weighted by Gasteiger charge is -2.40. The number of nitrogens with one attached hydrogen (secondary N) is 1. The second-order valence-corrected chi connectivity index (χ2v) is 19.0. The molecule has 0 saturated carbocycles. The van der Waals surface area contributed by atoms with Crippen LogP contribution in [0.15, 0.2) is 24.3 Å². The molecule has 1 aliphatic heterocycles. The molecule has 7 unspecified atom stereocenters. The summed E-state index contributed by atoms with van der Waals surface area (Å²) in [7, 11) is 0. The Hall–Kier alpha value is -1.33. The highest BCUT2D eigenvalue weighted by Crippen LogP contribution is 2.23. The standard InChI is InChI=1S/C54H103NO8/c1-3-5-7-9-11-13-15-17-18-19-20-21-22-23-24-25-26-27-28-29-30-32-34-36-38-40-42-44-50(58)55-47(46-62-54-53(61)52(60)51(59)49(45-56)63-54)48(57)43-41-39-37-35-33-31-16-14-12-10-8-6-4-2/h15,17,19-20,47-49,51-54,56-57,59-61H,3-14,16,18,21-46H2,1-2H3,(H,55,58)/b17-15-,20-19-. The number of amides is 1. The van der Waals surface area contributed by atoms with Crippen molar-refractivity contribution in [2.75, 3.05) is 13.2 Å². The summed E-state index contributed by atoms with van der Waals surface area (Å²) >= 11 is 0. The molecule has 0 aliphatic carbocycles. The van der Waals surface area contributed by atoms with Crippen molar-refractivity contribution in [3.63, 3.8) is 0 Å². The summed E-state index contributed by atoms with van der Waals surface area (Å²) in [4.78, 5) is 13.0. The van der Waals surface area contributed by atoms with E-state index in [1.54, 1.807) is 0 Å². The van der Waals surface area contributed by atoms with Crippen molar-refractivity contribution in [1.29, 1.82) is 0 Å². The maximum Gasteiger partial charge on any atom is 0.220 e. The quantitative estimate of drug-likeness (QED) is 0.0261. The number of carbonyl (C=O) groups excluding carboxylic acids is 1. The van der Waals surface area contributed by atoms with Crippen molar-refractivity contribution in [2.45, 2.75) is 301 Å². The van der Waals surface area contributed by atoms with Crippen molar-refractivity contribution < 1.29 is 39.8 Å². The van der Waals surface area contributed by atoms with E-state index in [2.05, 4.69) is 43.5 Å². The van der Waals surface area contributed by atoms with Gasteiger partial charge in [0, 0.05) is 6.42 Å². The number of carbonyl (C=O) groups is 1. The molecule has 1 rings (SSSR count). The Labute approximate surface area is 388 Å². The Morgan fingerprint density at radius 1 is 0.540 bits per heavy atom. The molecule has 6 N–H and O–H groups in total. The molecule has 1 heterocycles. The lowest BCUT2D eigenvalue weighted by molar-refractivity contribution is -0.302. The molecule has 1 amide bonds. The van der Waals surface area contributed by atoms with Gasteiger partial charge < -0.3 is 40.3 Å². The lowest BCUT2D eigenvalue weighted by Crippen LogP contribution is -2.60. The number of hydrogen-bond acceptors (Lipinski definition) is 8. The van der Waals surface area contributed by atoms with E-state index in [-0.39, 0.29) is 12.5 Å². The highest BCUT2D eigenvalue weighted by Gasteiger charge is 2.44. The molecule has 1 saturated heterocycles. The van der Waals surface area contributed by atoms with E-state index in [4.69, 9.17) is 9.47 Å². The first-order valence-electron chi connectivity index (χ1n) is 27.0. The van der Waals surface area contributed by atoms with Gasteiger partial charge in [-0.2, -0.15) is 0 Å². The number of aliphatic hydroxyl groups excluding tert-OH is 5. The minimum atomic E-state index is -1.55. The van der Waals surface area contributed by atoms with E-state index in [1.807, 2.05) is 0 Å². The fourth-order valence-corrected chi connectivity index (χ4v) is 8.72. The Kier molecular flexibility index (Phi) is 42.2. The van der Waals surface area contributed by atoms with Gasteiger partial charge in [-0.1, -0.05) is 231 Å². The molecule has 9 nitrogen and oxygen atoms in total. The summed E-state index contributed by atoms with van der Waals surface area (Å²) in [5, 5.41) is 54.5. The van der Waals surface area contributed by atoms with Crippen LogP contribution in [0.25, 0.3) is 0 Å². The van der Waals surface area contributed by atoms with Gasteiger partial charge in [-0.3, -0.25) is 4.79 Å². The third-order valence-electron chi connectivity index (χ3n) is 13.1. The van der Waals surface area contributed by atoms with Gasteiger partial charge in [0.25, 0.3) is 0 Å². The maximum atomic E-state index is 13.0. The Morgan fingerprint density at radius 2 is 0.937 bits per heavy atom. The van der Waals surface area contributed by atoms with Crippen LogP contribution in [-0.4, -0.2) is 87.5 Å². The SMILES string of the molecule is CCCCCCC/C=C\C/C=C\CCCCCCCCCCCCCCCCCC(=O)NC(COC1OC(CO)C(O)C(O)C1O)C(O)CCCCCCCCCCCCCCC. The van der Waals surface area contributed by atoms with Gasteiger partial charge in [0.15, 0.2) is 6.29 Å². The molecule has 0 aromatic rings. The van der Waals surface area contributed by atoms with E-state index >= 15 is 0 Å². The smallest absolute Gasteiger partial charge is 0.220 e. The van der Waals surface area contributed by atoms with Crippen molar-refractivity contribution in [3.8, 4) is 0 Å². The molecule has 0 aromatic heterocycles. The van der Waals surface area contributed by atoms with Crippen LogP contribution < -0.4 is 5.32 Å². The summed E-state index contributed by atoms with van der Waals surface area (Å²) in [6.45, 7) is 3.84. The number of ether oxygens (including phenoxy) is 2. The lowest BCUT2D eigenvalue weighted by atomic mass is 9.99. The zero-order chi connectivity index (χ0) is 45.9. The van der Waals surface area contributed by atoms with Crippen LogP contribution in [0.1, 0.15) is 258 Å². The molecular formula is C54H103NO8. The number of unbranched alkanes of at least 4 members (excludes halogenated alkanes) is 32. The van der Waals surface area contributed by atoms with E-state index in [0.29, 0.717) is 12.8 Å². The molecule has 0 radical (unpaired) electrons. The molecular weight excluding hydrogens is 791 g/mol. The molecule has 7 atom stereocenters. The van der Waals surface area contributed by atoms with Gasteiger partial charge in [-0.15, -0.1) is 0 Å². The van der Waals surface area contributed by atoms with Crippen LogP contribution in [-0.2, 0) is 14.3 Å². The second kappa shape index (κ2) is 44.5. The third kappa shape index (κ3) is 34.6. The zero-order valence-corrected chi connectivity index (χ0v) is 41.1. The summed E-state index contributed by atoms with van der Waals surface area (Å²) < 4.78 is 11.3. The fourth-order valence-electron chi connectivity index (χ4n) is 8.72. The third-order valence-corrected chi connectivity index (χ3v) is 13.1. The van der Waals surface area contributed by atoms with Crippen LogP contribution in [0.2, 0.25) is 0 Å². The summed E-state index contributed by atoms with van der Waals surface area (Å²) in [5.74, 6) is -0.142. The van der Waals surface area contributed by atoms with Gasteiger partial charge in [0.1, 0.15) is 24.4 Å². The van der Waals surface area contributed by atoms with Gasteiger partial charge in [0.2, 0.25) is 5.91 Å². The van der Waals surface area contributed by atoms with Gasteiger partial charge >= 0.3 is 0 Å². The first-order chi connectivity index (χ1) is 30.8. The highest BCUT2D eigenvalue weighted by molar-refractivity contribution is 5.76. The summed E-state index contributed by atoms with van der Waals surface area (Å²) in [6.07, 6.45) is 47.7. The number of hydrogen-bond donors (Lipinski definition) is 6. The molecule has 9 heteroatoms. The molecule has 1 fully saturated rings. The fraction of sp³-hybridized carbons (Fsp3) is 0.907. The van der Waals surface area contributed by atoms with E-state index in [0.717, 1.165) is 44.9 Å². The molecule has 372 valence electrons. The van der Waals surface area contributed by atoms with Gasteiger partial charge in [0.05, 0.1) is 25.4 Å². The average Bonchev–Trinajstić information content (AvgIpc) is 3.28. The number of rotatable bonds is 46. The Bertz CT molecular complexity index is 1040. The van der Waals surface area contributed by atoms with Crippen molar-refractivity contribution in [1.82, 2.24) is 5.32 Å². The molecule has 0 bridgehead atoms. The zero-order valence-electron chi connectivity index (χ0n) is 41.1. The van der Waals surface area contributed by atoms with Crippen LogP contribution in [0.5, 0.6) is 0 Å². The van der Waals surface area contributed by atoms with Crippen LogP contribution >= 0.6 is 0 Å². The molecule has 1 aliphatic rings. The first kappa shape index (κ1) is 59.7. The molecule has 0 spiro atoms. The van der Waals surface area contributed by atoms with E-state index < -0.39 is 49.5 Å². The molecule has 0 aromatic carbocycles.